The number of hydrogen-bond donors (Lipinski definition) is 1. The molecule has 1 aromatic rings. The molecular formula is C9H12ClNOS. The molecule has 0 aliphatic heterocycles. The van der Waals surface area contributed by atoms with E-state index in [0.717, 1.165) is 4.88 Å². The lowest BCUT2D eigenvalue weighted by atomic mass is 10.4. The molecule has 0 fully saturated rings. The Bertz CT molecular complexity index is 296. The highest BCUT2D eigenvalue weighted by molar-refractivity contribution is 7.11. The highest BCUT2D eigenvalue weighted by atomic mass is 35.5. The summed E-state index contributed by atoms with van der Waals surface area (Å²) in [6.45, 7) is 4.28. The van der Waals surface area contributed by atoms with E-state index in [4.69, 9.17) is 11.6 Å². The Labute approximate surface area is 86.9 Å². The molecule has 0 saturated carbocycles. The topological polar surface area (TPSA) is 29.1 Å². The van der Waals surface area contributed by atoms with Crippen molar-refractivity contribution in [2.45, 2.75) is 25.8 Å². The first-order valence-electron chi connectivity index (χ1n) is 4.06. The third-order valence-electron chi connectivity index (χ3n) is 1.59. The van der Waals surface area contributed by atoms with Gasteiger partial charge in [-0.2, -0.15) is 0 Å². The Kier molecular flexibility index (Phi) is 3.75. The fraction of sp³-hybridized carbons (Fsp3) is 0.444. The molecule has 0 aliphatic rings. The maximum absolute atomic E-state index is 11.1. The minimum atomic E-state index is -0.457. The van der Waals surface area contributed by atoms with Gasteiger partial charge in [-0.25, -0.2) is 0 Å². The molecule has 13 heavy (non-hydrogen) atoms. The van der Waals surface area contributed by atoms with E-state index in [1.807, 2.05) is 19.1 Å². The zero-order chi connectivity index (χ0) is 9.84. The van der Waals surface area contributed by atoms with Gasteiger partial charge in [0.05, 0.1) is 6.54 Å². The van der Waals surface area contributed by atoms with Crippen LogP contribution in [0.1, 0.15) is 16.7 Å². The summed E-state index contributed by atoms with van der Waals surface area (Å²) in [7, 11) is 0. The molecule has 1 rings (SSSR count). The van der Waals surface area contributed by atoms with Gasteiger partial charge in [-0.1, -0.05) is 0 Å². The van der Waals surface area contributed by atoms with Crippen LogP contribution in [0, 0.1) is 6.92 Å². The molecule has 0 aromatic carbocycles. The first kappa shape index (κ1) is 10.5. The van der Waals surface area contributed by atoms with E-state index in [1.54, 1.807) is 18.3 Å². The molecule has 0 bridgehead atoms. The number of rotatable bonds is 3. The number of alkyl halides is 1. The monoisotopic (exact) mass is 217 g/mol. The molecule has 2 nitrogen and oxygen atoms in total. The first-order valence-corrected chi connectivity index (χ1v) is 5.32. The SMILES string of the molecule is Cc1ccc(CNC(=O)C(C)Cl)s1. The molecular weight excluding hydrogens is 206 g/mol. The average molecular weight is 218 g/mol. The van der Waals surface area contributed by atoms with Gasteiger partial charge in [-0.3, -0.25) is 4.79 Å². The van der Waals surface area contributed by atoms with E-state index >= 15 is 0 Å². The second-order valence-corrected chi connectivity index (χ2v) is 4.87. The number of carbonyl (C=O) groups excluding carboxylic acids is 1. The standard InChI is InChI=1S/C9H12ClNOS/c1-6-3-4-8(13-6)5-11-9(12)7(2)10/h3-4,7H,5H2,1-2H3,(H,11,12). The van der Waals surface area contributed by atoms with Gasteiger partial charge < -0.3 is 5.32 Å². The second-order valence-electron chi connectivity index (χ2n) is 2.85. The molecule has 4 heteroatoms. The van der Waals surface area contributed by atoms with Crippen LogP contribution in [-0.2, 0) is 11.3 Å². The fourth-order valence-corrected chi connectivity index (χ4v) is 1.80. The lowest BCUT2D eigenvalue weighted by molar-refractivity contribution is -0.120. The molecule has 0 radical (unpaired) electrons. The Morgan fingerprint density at radius 1 is 1.69 bits per heavy atom. The summed E-state index contributed by atoms with van der Waals surface area (Å²) in [5.74, 6) is -0.118. The number of carbonyl (C=O) groups is 1. The average Bonchev–Trinajstić information content (AvgIpc) is 2.47. The van der Waals surface area contributed by atoms with E-state index in [-0.39, 0.29) is 5.91 Å². The summed E-state index contributed by atoms with van der Waals surface area (Å²) in [5, 5.41) is 2.29. The summed E-state index contributed by atoms with van der Waals surface area (Å²) in [6.07, 6.45) is 0. The van der Waals surface area contributed by atoms with Gasteiger partial charge in [0, 0.05) is 9.75 Å². The van der Waals surface area contributed by atoms with Gasteiger partial charge in [-0.15, -0.1) is 22.9 Å². The van der Waals surface area contributed by atoms with Gasteiger partial charge >= 0.3 is 0 Å². The minimum absolute atomic E-state index is 0.118. The quantitative estimate of drug-likeness (QED) is 0.774. The van der Waals surface area contributed by atoms with Crippen molar-refractivity contribution < 1.29 is 4.79 Å². The fourth-order valence-electron chi connectivity index (χ4n) is 0.895. The van der Waals surface area contributed by atoms with Crippen LogP contribution >= 0.6 is 22.9 Å². The molecule has 0 saturated heterocycles. The smallest absolute Gasteiger partial charge is 0.238 e. The highest BCUT2D eigenvalue weighted by Gasteiger charge is 2.08. The first-order chi connectivity index (χ1) is 6.09. The largest absolute Gasteiger partial charge is 0.350 e. The van der Waals surface area contributed by atoms with Crippen molar-refractivity contribution in [2.75, 3.05) is 0 Å². The molecule has 72 valence electrons. The van der Waals surface area contributed by atoms with E-state index in [0.29, 0.717) is 6.54 Å². The van der Waals surface area contributed by atoms with E-state index in [2.05, 4.69) is 5.32 Å². The summed E-state index contributed by atoms with van der Waals surface area (Å²) in [4.78, 5) is 13.5. The van der Waals surface area contributed by atoms with Gasteiger partial charge in [0.25, 0.3) is 0 Å². The molecule has 1 N–H and O–H groups in total. The molecule has 0 spiro atoms. The van der Waals surface area contributed by atoms with Crippen LogP contribution in [0.5, 0.6) is 0 Å². The summed E-state index contributed by atoms with van der Waals surface area (Å²) in [6, 6.07) is 4.05. The number of aryl methyl sites for hydroxylation is 1. The Balaban J connectivity index is 2.39. The maximum Gasteiger partial charge on any atom is 0.238 e. The van der Waals surface area contributed by atoms with Crippen LogP contribution in [0.3, 0.4) is 0 Å². The predicted molar refractivity (Wildman–Crippen MR) is 56.2 cm³/mol. The van der Waals surface area contributed by atoms with Crippen LogP contribution in [0.2, 0.25) is 0 Å². The molecule has 1 unspecified atom stereocenters. The van der Waals surface area contributed by atoms with Crippen molar-refractivity contribution >= 4 is 28.8 Å². The van der Waals surface area contributed by atoms with Crippen molar-refractivity contribution in [1.29, 1.82) is 0 Å². The minimum Gasteiger partial charge on any atom is -0.350 e. The Morgan fingerprint density at radius 3 is 2.85 bits per heavy atom. The second kappa shape index (κ2) is 4.63. The van der Waals surface area contributed by atoms with Crippen LogP contribution in [0.4, 0.5) is 0 Å². The number of amides is 1. The van der Waals surface area contributed by atoms with E-state index in [1.165, 1.54) is 4.88 Å². The summed E-state index contributed by atoms with van der Waals surface area (Å²) in [5.41, 5.74) is 0. The van der Waals surface area contributed by atoms with Crippen molar-refractivity contribution in [3.63, 3.8) is 0 Å². The van der Waals surface area contributed by atoms with Gasteiger partial charge in [0.15, 0.2) is 0 Å². The van der Waals surface area contributed by atoms with Crippen LogP contribution in [0.25, 0.3) is 0 Å². The van der Waals surface area contributed by atoms with Crippen molar-refractivity contribution in [2.24, 2.45) is 0 Å². The third-order valence-corrected chi connectivity index (χ3v) is 2.79. The van der Waals surface area contributed by atoms with Crippen LogP contribution in [-0.4, -0.2) is 11.3 Å². The van der Waals surface area contributed by atoms with Crippen molar-refractivity contribution in [1.82, 2.24) is 5.32 Å². The third kappa shape index (κ3) is 3.36. The number of nitrogens with one attached hydrogen (secondary N) is 1. The maximum atomic E-state index is 11.1. The number of halogens is 1. The lowest BCUT2D eigenvalue weighted by Gasteiger charge is -2.03. The summed E-state index contributed by atoms with van der Waals surface area (Å²) >= 11 is 7.27. The van der Waals surface area contributed by atoms with Gasteiger partial charge in [0.2, 0.25) is 5.91 Å². The summed E-state index contributed by atoms with van der Waals surface area (Å²) < 4.78 is 0. The molecule has 1 aromatic heterocycles. The molecule has 0 aliphatic carbocycles. The van der Waals surface area contributed by atoms with Crippen molar-refractivity contribution in [3.05, 3.63) is 21.9 Å². The van der Waals surface area contributed by atoms with E-state index in [9.17, 15) is 4.79 Å². The van der Waals surface area contributed by atoms with Crippen LogP contribution < -0.4 is 5.32 Å². The predicted octanol–water partition coefficient (Wildman–Crippen LogP) is 2.30. The van der Waals surface area contributed by atoms with Crippen LogP contribution in [0.15, 0.2) is 12.1 Å². The number of thiophene rings is 1. The molecule has 1 atom stereocenters. The van der Waals surface area contributed by atoms with Gasteiger partial charge in [-0.05, 0) is 26.0 Å². The normalized spacial score (nSPS) is 12.5. The molecule has 1 heterocycles. The lowest BCUT2D eigenvalue weighted by Crippen LogP contribution is -2.28. The zero-order valence-corrected chi connectivity index (χ0v) is 9.21. The van der Waals surface area contributed by atoms with Gasteiger partial charge in [0.1, 0.15) is 5.38 Å². The molecule has 1 amide bonds. The highest BCUT2D eigenvalue weighted by Crippen LogP contribution is 2.14. The van der Waals surface area contributed by atoms with Crippen molar-refractivity contribution in [3.8, 4) is 0 Å². The zero-order valence-electron chi connectivity index (χ0n) is 7.63. The Morgan fingerprint density at radius 2 is 2.38 bits per heavy atom. The number of hydrogen-bond acceptors (Lipinski definition) is 2. The Hall–Kier alpha value is -0.540. The van der Waals surface area contributed by atoms with E-state index < -0.39 is 5.38 Å².